The van der Waals surface area contributed by atoms with Crippen molar-refractivity contribution in [3.8, 4) is 11.5 Å². The van der Waals surface area contributed by atoms with Gasteiger partial charge in [0.1, 0.15) is 24.0 Å². The van der Waals surface area contributed by atoms with E-state index in [0.717, 1.165) is 9.79 Å². The van der Waals surface area contributed by atoms with Crippen molar-refractivity contribution >= 4 is 59.4 Å². The lowest BCUT2D eigenvalue weighted by Crippen LogP contribution is -2.02. The van der Waals surface area contributed by atoms with Crippen LogP contribution in [0.15, 0.2) is 58.3 Å². The second kappa shape index (κ2) is 17.4. The average molecular weight is 617 g/mol. The number of hydrogen-bond acceptors (Lipinski definition) is 10. The van der Waals surface area contributed by atoms with E-state index in [4.69, 9.17) is 50.8 Å². The molecule has 2 unspecified atom stereocenters. The lowest BCUT2D eigenvalue weighted by Gasteiger charge is -2.21. The molecule has 0 bridgehead atoms. The summed E-state index contributed by atoms with van der Waals surface area (Å²) in [5, 5.41) is 0. The molecule has 0 spiro atoms. The van der Waals surface area contributed by atoms with Gasteiger partial charge in [0.25, 0.3) is 0 Å². The van der Waals surface area contributed by atoms with Gasteiger partial charge in [0.2, 0.25) is 0 Å². The summed E-state index contributed by atoms with van der Waals surface area (Å²) in [6.07, 6.45) is 3.25. The summed E-state index contributed by atoms with van der Waals surface area (Å²) >= 11 is 8.50. The summed E-state index contributed by atoms with van der Waals surface area (Å²) < 4.78 is 55.2. The molecule has 0 fully saturated rings. The van der Waals surface area contributed by atoms with Gasteiger partial charge in [0.15, 0.2) is 9.79 Å². The summed E-state index contributed by atoms with van der Waals surface area (Å²) in [5.74, 6) is 1.13. The summed E-state index contributed by atoms with van der Waals surface area (Å²) in [4.78, 5) is 1.48. The van der Waals surface area contributed by atoms with Gasteiger partial charge in [-0.15, -0.1) is 0 Å². The standard InChI is InChI=1S/2C11H17O4PS2/c2*1-4-13-16(17,14-5-2)15-10-6-8-11(9-7-10)18(3)12/h2*6-9H,4-5H2,1-3H3. The van der Waals surface area contributed by atoms with Gasteiger partial charge in [-0.3, -0.25) is 18.1 Å². The molecule has 0 aromatic heterocycles. The minimum Gasteiger partial charge on any atom is -0.612 e. The third kappa shape index (κ3) is 12.6. The maximum absolute atomic E-state index is 11.3. The Labute approximate surface area is 231 Å². The molecule has 2 rings (SSSR count). The van der Waals surface area contributed by atoms with Crippen molar-refractivity contribution in [2.24, 2.45) is 0 Å². The Kier molecular flexibility index (Phi) is 16.4. The van der Waals surface area contributed by atoms with Gasteiger partial charge in [0, 0.05) is 23.6 Å². The van der Waals surface area contributed by atoms with E-state index in [-0.39, 0.29) is 0 Å². The molecular weight excluding hydrogens is 582 g/mol. The Morgan fingerprint density at radius 2 is 0.833 bits per heavy atom. The number of rotatable bonds is 14. The van der Waals surface area contributed by atoms with Crippen LogP contribution >= 0.6 is 13.4 Å². The first kappa shape index (κ1) is 33.8. The molecule has 2 aromatic carbocycles. The zero-order valence-corrected chi connectivity index (χ0v) is 26.3. The fourth-order valence-electron chi connectivity index (χ4n) is 2.45. The van der Waals surface area contributed by atoms with Gasteiger partial charge in [-0.1, -0.05) is 0 Å². The highest BCUT2D eigenvalue weighted by Crippen LogP contribution is 2.50. The van der Waals surface area contributed by atoms with Crippen molar-refractivity contribution in [2.75, 3.05) is 38.9 Å². The Morgan fingerprint density at radius 3 is 1.03 bits per heavy atom. The molecule has 0 saturated carbocycles. The van der Waals surface area contributed by atoms with Crippen molar-refractivity contribution in [3.05, 3.63) is 48.5 Å². The Bertz CT molecular complexity index is 876. The number of benzene rings is 2. The summed E-state index contributed by atoms with van der Waals surface area (Å²) in [5.41, 5.74) is 0. The molecule has 14 heteroatoms. The van der Waals surface area contributed by atoms with Crippen LogP contribution < -0.4 is 9.05 Å². The van der Waals surface area contributed by atoms with Crippen molar-refractivity contribution < 1.29 is 36.2 Å². The maximum Gasteiger partial charge on any atom is 0.380 e. The highest BCUT2D eigenvalue weighted by Gasteiger charge is 2.22. The molecule has 2 aromatic rings. The van der Waals surface area contributed by atoms with E-state index in [0.29, 0.717) is 37.9 Å². The van der Waals surface area contributed by atoms with Gasteiger partial charge >= 0.3 is 13.4 Å². The minimum absolute atomic E-state index is 0.439. The molecule has 36 heavy (non-hydrogen) atoms. The quantitative estimate of drug-likeness (QED) is 0.180. The van der Waals surface area contributed by atoms with Gasteiger partial charge in [-0.2, -0.15) is 0 Å². The van der Waals surface area contributed by atoms with Crippen LogP contribution in [-0.4, -0.2) is 48.0 Å². The average Bonchev–Trinajstić information content (AvgIpc) is 2.80. The molecule has 0 N–H and O–H groups in total. The van der Waals surface area contributed by atoms with Crippen LogP contribution in [-0.2, 0) is 64.1 Å². The van der Waals surface area contributed by atoms with Gasteiger partial charge in [-0.25, -0.2) is 0 Å². The van der Waals surface area contributed by atoms with E-state index < -0.39 is 35.8 Å². The second-order valence-electron chi connectivity index (χ2n) is 6.60. The van der Waals surface area contributed by atoms with E-state index in [1.54, 1.807) is 61.0 Å². The zero-order chi connectivity index (χ0) is 27.2. The van der Waals surface area contributed by atoms with Crippen LogP contribution in [0.1, 0.15) is 27.7 Å². The topological polar surface area (TPSA) is 102 Å². The lowest BCUT2D eigenvalue weighted by molar-refractivity contribution is 0.217. The Hall–Kier alpha value is -0.200. The SMILES string of the molecule is CCOP(=S)(OCC)Oc1ccc([S+](C)[O-])cc1.CCOP(=S)(OCC)Oc1ccc([S+](C)[O-])cc1. The predicted molar refractivity (Wildman–Crippen MR) is 154 cm³/mol. The van der Waals surface area contributed by atoms with Crippen LogP contribution in [0.25, 0.3) is 0 Å². The van der Waals surface area contributed by atoms with Crippen LogP contribution in [0.5, 0.6) is 11.5 Å². The summed E-state index contributed by atoms with van der Waals surface area (Å²) in [6.45, 7) is 3.67. The van der Waals surface area contributed by atoms with Crippen molar-refractivity contribution in [3.63, 3.8) is 0 Å². The molecule has 2 atom stereocenters. The van der Waals surface area contributed by atoms with Gasteiger partial charge in [0.05, 0.1) is 26.4 Å². The Balaban J connectivity index is 0.000000360. The fraction of sp³-hybridized carbons (Fsp3) is 0.455. The van der Waals surface area contributed by atoms with Crippen LogP contribution in [0, 0.1) is 0 Å². The largest absolute Gasteiger partial charge is 0.612 e. The van der Waals surface area contributed by atoms with Gasteiger partial charge < -0.3 is 18.2 Å². The Morgan fingerprint density at radius 1 is 0.583 bits per heavy atom. The third-order valence-electron chi connectivity index (χ3n) is 3.89. The smallest absolute Gasteiger partial charge is 0.380 e. The molecular formula is C22H34O8P2S4. The first-order chi connectivity index (χ1) is 17.0. The van der Waals surface area contributed by atoms with Crippen molar-refractivity contribution in [1.82, 2.24) is 0 Å². The normalized spacial score (nSPS) is 13.3. The maximum atomic E-state index is 11.3. The first-order valence-electron chi connectivity index (χ1n) is 11.1. The van der Waals surface area contributed by atoms with E-state index in [2.05, 4.69) is 0 Å². The van der Waals surface area contributed by atoms with Crippen molar-refractivity contribution in [1.29, 1.82) is 0 Å². The number of hydrogen-bond donors (Lipinski definition) is 0. The van der Waals surface area contributed by atoms with Crippen LogP contribution in [0.3, 0.4) is 0 Å². The first-order valence-corrected chi connectivity index (χ1v) is 19.3. The minimum atomic E-state index is -2.72. The fourth-order valence-corrected chi connectivity index (χ4v) is 7.66. The molecule has 0 saturated heterocycles. The van der Waals surface area contributed by atoms with Gasteiger partial charge in [-0.05, 0) is 98.6 Å². The molecule has 0 amide bonds. The molecule has 0 aliphatic carbocycles. The molecule has 0 heterocycles. The van der Waals surface area contributed by atoms with Crippen LogP contribution in [0.2, 0.25) is 0 Å². The van der Waals surface area contributed by atoms with E-state index in [1.807, 2.05) is 27.7 Å². The summed E-state index contributed by atoms with van der Waals surface area (Å²) in [7, 11) is 0. The van der Waals surface area contributed by atoms with E-state index in [9.17, 15) is 9.11 Å². The van der Waals surface area contributed by atoms with E-state index in [1.165, 1.54) is 0 Å². The second-order valence-corrected chi connectivity index (χ2v) is 15.2. The molecule has 8 nitrogen and oxygen atoms in total. The van der Waals surface area contributed by atoms with E-state index >= 15 is 0 Å². The highest BCUT2D eigenvalue weighted by molar-refractivity contribution is 8.08. The third-order valence-corrected chi connectivity index (χ3v) is 10.6. The highest BCUT2D eigenvalue weighted by atomic mass is 32.5. The molecule has 204 valence electrons. The predicted octanol–water partition coefficient (Wildman–Crippen LogP) is 6.20. The zero-order valence-electron chi connectivity index (χ0n) is 21.2. The molecule has 0 radical (unpaired) electrons. The lowest BCUT2D eigenvalue weighted by atomic mass is 10.3. The molecule has 0 aliphatic heterocycles. The summed E-state index contributed by atoms with van der Waals surface area (Å²) in [6, 6.07) is 13.8. The monoisotopic (exact) mass is 616 g/mol. The van der Waals surface area contributed by atoms with Crippen LogP contribution in [0.4, 0.5) is 0 Å². The van der Waals surface area contributed by atoms with Crippen molar-refractivity contribution in [2.45, 2.75) is 37.5 Å². The molecule has 0 aliphatic rings.